The summed E-state index contributed by atoms with van der Waals surface area (Å²) in [6, 6.07) is 17.4. The number of rotatable bonds is 4. The Kier molecular flexibility index (Phi) is 3.93. The monoisotopic (exact) mass is 348 g/mol. The first-order chi connectivity index (χ1) is 12.6. The van der Waals surface area contributed by atoms with Crippen LogP contribution in [0, 0.1) is 5.82 Å². The Morgan fingerprint density at radius 1 is 0.962 bits per heavy atom. The van der Waals surface area contributed by atoms with Gasteiger partial charge in [-0.15, -0.1) is 0 Å². The second-order valence-electron chi connectivity index (χ2n) is 5.77. The lowest BCUT2D eigenvalue weighted by Gasteiger charge is -2.12. The number of hydrogen-bond donors (Lipinski definition) is 0. The molecule has 3 aromatic rings. The van der Waals surface area contributed by atoms with E-state index in [2.05, 4.69) is 4.99 Å². The van der Waals surface area contributed by atoms with E-state index in [0.29, 0.717) is 22.8 Å². The third-order valence-electron chi connectivity index (χ3n) is 4.00. The highest BCUT2D eigenvalue weighted by molar-refractivity contribution is 6.53. The van der Waals surface area contributed by atoms with Gasteiger partial charge in [-0.2, -0.15) is 4.99 Å². The van der Waals surface area contributed by atoms with Gasteiger partial charge in [-0.25, -0.2) is 14.1 Å². The van der Waals surface area contributed by atoms with Crippen molar-refractivity contribution in [2.75, 3.05) is 4.90 Å². The number of anilines is 1. The average molecular weight is 348 g/mol. The summed E-state index contributed by atoms with van der Waals surface area (Å²) in [7, 11) is 0. The zero-order chi connectivity index (χ0) is 18.1. The van der Waals surface area contributed by atoms with Gasteiger partial charge in [-0.3, -0.25) is 4.79 Å². The number of nitrogens with zero attached hydrogens (tertiary/aromatic N) is 2. The molecule has 0 saturated carbocycles. The number of benzene rings is 2. The first-order valence-electron chi connectivity index (χ1n) is 7.97. The van der Waals surface area contributed by atoms with Gasteiger partial charge in [0.1, 0.15) is 23.0 Å². The highest BCUT2D eigenvalue weighted by Crippen LogP contribution is 2.25. The van der Waals surface area contributed by atoms with Gasteiger partial charge in [0, 0.05) is 5.56 Å². The van der Waals surface area contributed by atoms with Crippen LogP contribution in [-0.4, -0.2) is 17.6 Å². The SMILES string of the molecule is O=C1N=C(Cc2ccc(-c3cccc(F)c3)o2)C(=O)N1c1ccccc1. The molecule has 2 heterocycles. The Balaban J connectivity index is 1.54. The summed E-state index contributed by atoms with van der Waals surface area (Å²) in [5.74, 6) is 0.126. The summed E-state index contributed by atoms with van der Waals surface area (Å²) in [4.78, 5) is 29.5. The Morgan fingerprint density at radius 2 is 1.77 bits per heavy atom. The number of aliphatic imine (C=N–C) groups is 1. The molecule has 0 atom stereocenters. The number of amides is 3. The molecule has 4 rings (SSSR count). The maximum atomic E-state index is 13.3. The number of carbonyl (C=O) groups excluding carboxylic acids is 2. The molecular weight excluding hydrogens is 335 g/mol. The Bertz CT molecular complexity index is 1020. The van der Waals surface area contributed by atoms with Crippen molar-refractivity contribution >= 4 is 23.3 Å². The Labute approximate surface area is 148 Å². The smallest absolute Gasteiger partial charge is 0.355 e. The van der Waals surface area contributed by atoms with E-state index in [1.54, 1.807) is 54.6 Å². The lowest BCUT2D eigenvalue weighted by atomic mass is 10.2. The van der Waals surface area contributed by atoms with Crippen molar-refractivity contribution in [3.05, 3.63) is 78.3 Å². The molecule has 6 heteroatoms. The van der Waals surface area contributed by atoms with Crippen LogP contribution in [-0.2, 0) is 11.2 Å². The molecular formula is C20H13FN2O3. The van der Waals surface area contributed by atoms with Crippen LogP contribution in [0.3, 0.4) is 0 Å². The molecule has 0 radical (unpaired) electrons. The highest BCUT2D eigenvalue weighted by Gasteiger charge is 2.34. The van der Waals surface area contributed by atoms with Gasteiger partial charge in [0.25, 0.3) is 5.91 Å². The van der Waals surface area contributed by atoms with Crippen molar-refractivity contribution < 1.29 is 18.4 Å². The van der Waals surface area contributed by atoms with E-state index in [0.717, 1.165) is 4.90 Å². The Hall–Kier alpha value is -3.54. The maximum absolute atomic E-state index is 13.3. The third kappa shape index (κ3) is 2.93. The van der Waals surface area contributed by atoms with Crippen molar-refractivity contribution in [3.8, 4) is 11.3 Å². The molecule has 0 aliphatic carbocycles. The lowest BCUT2D eigenvalue weighted by Crippen LogP contribution is -2.33. The van der Waals surface area contributed by atoms with Gasteiger partial charge in [0.2, 0.25) is 0 Å². The van der Waals surface area contributed by atoms with E-state index in [-0.39, 0.29) is 17.9 Å². The zero-order valence-corrected chi connectivity index (χ0v) is 13.6. The van der Waals surface area contributed by atoms with E-state index < -0.39 is 11.9 Å². The highest BCUT2D eigenvalue weighted by atomic mass is 19.1. The van der Waals surface area contributed by atoms with Crippen molar-refractivity contribution in [1.29, 1.82) is 0 Å². The summed E-state index contributed by atoms with van der Waals surface area (Å²) in [6.07, 6.45) is 0.0865. The van der Waals surface area contributed by atoms with Gasteiger partial charge in [0.05, 0.1) is 12.1 Å². The first-order valence-corrected chi connectivity index (χ1v) is 7.97. The molecule has 1 aliphatic heterocycles. The van der Waals surface area contributed by atoms with Crippen molar-refractivity contribution in [3.63, 3.8) is 0 Å². The fourth-order valence-electron chi connectivity index (χ4n) is 2.78. The number of carbonyl (C=O) groups is 2. The number of hydrogen-bond acceptors (Lipinski definition) is 3. The van der Waals surface area contributed by atoms with Crippen LogP contribution in [0.4, 0.5) is 14.9 Å². The molecule has 3 amide bonds. The topological polar surface area (TPSA) is 62.9 Å². The summed E-state index contributed by atoms with van der Waals surface area (Å²) >= 11 is 0. The predicted octanol–water partition coefficient (Wildman–Crippen LogP) is 4.24. The number of imide groups is 1. The second kappa shape index (κ2) is 6.40. The fraction of sp³-hybridized carbons (Fsp3) is 0.0500. The van der Waals surface area contributed by atoms with Crippen LogP contribution in [0.1, 0.15) is 5.76 Å². The molecule has 26 heavy (non-hydrogen) atoms. The standard InChI is InChI=1S/C20H13FN2O3/c21-14-6-4-5-13(11-14)18-10-9-16(26-18)12-17-19(24)23(20(25)22-17)15-7-2-1-3-8-15/h1-11H,12H2. The molecule has 0 bridgehead atoms. The molecule has 2 aromatic carbocycles. The van der Waals surface area contributed by atoms with Gasteiger partial charge < -0.3 is 4.42 Å². The quantitative estimate of drug-likeness (QED) is 0.708. The number of urea groups is 1. The minimum Gasteiger partial charge on any atom is -0.461 e. The molecule has 128 valence electrons. The molecule has 0 saturated heterocycles. The minimum atomic E-state index is -0.617. The molecule has 0 spiro atoms. The first kappa shape index (κ1) is 16.0. The van der Waals surface area contributed by atoms with Crippen molar-refractivity contribution in [1.82, 2.24) is 0 Å². The lowest BCUT2D eigenvalue weighted by molar-refractivity contribution is -0.111. The zero-order valence-electron chi connectivity index (χ0n) is 13.6. The van der Waals surface area contributed by atoms with Gasteiger partial charge in [-0.1, -0.05) is 30.3 Å². The average Bonchev–Trinajstić information content (AvgIpc) is 3.21. The van der Waals surface area contributed by atoms with Crippen LogP contribution < -0.4 is 4.90 Å². The summed E-state index contributed by atoms with van der Waals surface area (Å²) < 4.78 is 19.0. The molecule has 0 unspecified atom stereocenters. The molecule has 0 fully saturated rings. The van der Waals surface area contributed by atoms with Crippen LogP contribution in [0.15, 0.2) is 76.1 Å². The van der Waals surface area contributed by atoms with Crippen molar-refractivity contribution in [2.45, 2.75) is 6.42 Å². The maximum Gasteiger partial charge on any atom is 0.355 e. The van der Waals surface area contributed by atoms with Crippen molar-refractivity contribution in [2.24, 2.45) is 4.99 Å². The van der Waals surface area contributed by atoms with Gasteiger partial charge >= 0.3 is 6.03 Å². The van der Waals surface area contributed by atoms with Gasteiger partial charge in [0.15, 0.2) is 0 Å². The number of para-hydroxylation sites is 1. The number of halogens is 1. The second-order valence-corrected chi connectivity index (χ2v) is 5.77. The summed E-state index contributed by atoms with van der Waals surface area (Å²) in [6.45, 7) is 0. The summed E-state index contributed by atoms with van der Waals surface area (Å²) in [5, 5.41) is 0. The van der Waals surface area contributed by atoms with Crippen LogP contribution >= 0.6 is 0 Å². The molecule has 0 N–H and O–H groups in total. The number of furan rings is 1. The van der Waals surface area contributed by atoms with E-state index in [4.69, 9.17) is 4.42 Å². The van der Waals surface area contributed by atoms with E-state index >= 15 is 0 Å². The molecule has 5 nitrogen and oxygen atoms in total. The van der Waals surface area contributed by atoms with Crippen LogP contribution in [0.25, 0.3) is 11.3 Å². The Morgan fingerprint density at radius 3 is 2.54 bits per heavy atom. The minimum absolute atomic E-state index is 0.0865. The summed E-state index contributed by atoms with van der Waals surface area (Å²) in [5.41, 5.74) is 1.18. The van der Waals surface area contributed by atoms with Crippen LogP contribution in [0.5, 0.6) is 0 Å². The predicted molar refractivity (Wildman–Crippen MR) is 94.6 cm³/mol. The van der Waals surface area contributed by atoms with E-state index in [1.165, 1.54) is 12.1 Å². The van der Waals surface area contributed by atoms with Gasteiger partial charge in [-0.05, 0) is 36.4 Å². The van der Waals surface area contributed by atoms with Crippen LogP contribution in [0.2, 0.25) is 0 Å². The fourth-order valence-corrected chi connectivity index (χ4v) is 2.78. The normalized spacial score (nSPS) is 14.0. The molecule has 1 aliphatic rings. The third-order valence-corrected chi connectivity index (χ3v) is 4.00. The van der Waals surface area contributed by atoms with E-state index in [9.17, 15) is 14.0 Å². The molecule has 1 aromatic heterocycles. The van der Waals surface area contributed by atoms with E-state index in [1.807, 2.05) is 0 Å². The largest absolute Gasteiger partial charge is 0.461 e.